The summed E-state index contributed by atoms with van der Waals surface area (Å²) >= 11 is 0. The molecule has 17 heavy (non-hydrogen) atoms. The van der Waals surface area contributed by atoms with E-state index in [9.17, 15) is 0 Å². The molecule has 3 nitrogen and oxygen atoms in total. The van der Waals surface area contributed by atoms with Crippen molar-refractivity contribution in [2.45, 2.75) is 19.0 Å². The van der Waals surface area contributed by atoms with Gasteiger partial charge in [-0.25, -0.2) is 0 Å². The molecule has 1 rings (SSSR count). The lowest BCUT2D eigenvalue weighted by Gasteiger charge is -2.33. The van der Waals surface area contributed by atoms with Crippen molar-refractivity contribution in [2.24, 2.45) is 0 Å². The van der Waals surface area contributed by atoms with Crippen molar-refractivity contribution in [1.29, 1.82) is 0 Å². The standard InChI is InChI=1S/C14H24N2O/c1-12(11-17-4)16(3)14(10-15-2)13-8-6-5-7-9-13/h5-9,12,14-15H,10-11H2,1-4H3. The lowest BCUT2D eigenvalue weighted by molar-refractivity contribution is 0.0889. The Hall–Kier alpha value is -0.900. The molecule has 0 fully saturated rings. The fraction of sp³-hybridized carbons (Fsp3) is 0.571. The van der Waals surface area contributed by atoms with Gasteiger partial charge in [0.2, 0.25) is 0 Å². The van der Waals surface area contributed by atoms with Gasteiger partial charge in [0.05, 0.1) is 6.61 Å². The highest BCUT2D eigenvalue weighted by atomic mass is 16.5. The Bertz CT molecular complexity index is 302. The maximum absolute atomic E-state index is 5.23. The topological polar surface area (TPSA) is 24.5 Å². The Morgan fingerprint density at radius 2 is 1.94 bits per heavy atom. The summed E-state index contributed by atoms with van der Waals surface area (Å²) < 4.78 is 5.23. The summed E-state index contributed by atoms with van der Waals surface area (Å²) in [7, 11) is 5.89. The third-order valence-corrected chi connectivity index (χ3v) is 3.18. The van der Waals surface area contributed by atoms with Gasteiger partial charge in [-0.2, -0.15) is 0 Å². The Balaban J connectivity index is 2.78. The van der Waals surface area contributed by atoms with E-state index in [-0.39, 0.29) is 0 Å². The van der Waals surface area contributed by atoms with Gasteiger partial charge in [0.15, 0.2) is 0 Å². The molecule has 0 aliphatic heterocycles. The zero-order chi connectivity index (χ0) is 12.7. The molecule has 0 radical (unpaired) electrons. The summed E-state index contributed by atoms with van der Waals surface area (Å²) in [6, 6.07) is 11.4. The highest BCUT2D eigenvalue weighted by Crippen LogP contribution is 2.20. The molecule has 2 atom stereocenters. The van der Waals surface area contributed by atoms with E-state index >= 15 is 0 Å². The Labute approximate surface area is 105 Å². The van der Waals surface area contributed by atoms with Gasteiger partial charge in [0, 0.05) is 25.7 Å². The van der Waals surface area contributed by atoms with Gasteiger partial charge in [-0.15, -0.1) is 0 Å². The second-order valence-corrected chi connectivity index (χ2v) is 4.45. The van der Waals surface area contributed by atoms with Crippen LogP contribution in [0.15, 0.2) is 30.3 Å². The second kappa shape index (κ2) is 7.43. The number of nitrogens with zero attached hydrogens (tertiary/aromatic N) is 1. The number of ether oxygens (including phenoxy) is 1. The van der Waals surface area contributed by atoms with Crippen molar-refractivity contribution in [2.75, 3.05) is 34.4 Å². The maximum atomic E-state index is 5.23. The molecule has 0 saturated heterocycles. The molecule has 3 heteroatoms. The van der Waals surface area contributed by atoms with E-state index in [1.54, 1.807) is 7.11 Å². The fourth-order valence-electron chi connectivity index (χ4n) is 2.03. The van der Waals surface area contributed by atoms with Crippen molar-refractivity contribution in [1.82, 2.24) is 10.2 Å². The molecule has 0 saturated carbocycles. The van der Waals surface area contributed by atoms with Gasteiger partial charge in [0.1, 0.15) is 0 Å². The Kier molecular flexibility index (Phi) is 6.19. The van der Waals surface area contributed by atoms with Crippen LogP contribution in [0.5, 0.6) is 0 Å². The predicted octanol–water partition coefficient (Wildman–Crippen LogP) is 1.91. The third kappa shape index (κ3) is 4.11. The number of nitrogens with one attached hydrogen (secondary N) is 1. The lowest BCUT2D eigenvalue weighted by atomic mass is 10.0. The van der Waals surface area contributed by atoms with Crippen LogP contribution in [0.2, 0.25) is 0 Å². The van der Waals surface area contributed by atoms with E-state index in [1.165, 1.54) is 5.56 Å². The zero-order valence-corrected chi connectivity index (χ0v) is 11.3. The van der Waals surface area contributed by atoms with Gasteiger partial charge in [-0.1, -0.05) is 30.3 Å². The molecular formula is C14H24N2O. The van der Waals surface area contributed by atoms with E-state index in [1.807, 2.05) is 7.05 Å². The minimum Gasteiger partial charge on any atom is -0.383 e. The highest BCUT2D eigenvalue weighted by Gasteiger charge is 2.20. The molecule has 2 unspecified atom stereocenters. The molecule has 1 N–H and O–H groups in total. The van der Waals surface area contributed by atoms with Crippen molar-refractivity contribution < 1.29 is 4.74 Å². The van der Waals surface area contributed by atoms with Crippen LogP contribution in [0.1, 0.15) is 18.5 Å². The van der Waals surface area contributed by atoms with Gasteiger partial charge < -0.3 is 10.1 Å². The molecule has 1 aromatic carbocycles. The summed E-state index contributed by atoms with van der Waals surface area (Å²) in [5, 5.41) is 3.26. The molecule has 0 bridgehead atoms. The number of rotatable bonds is 7. The number of likely N-dealkylation sites (N-methyl/N-ethyl adjacent to an activating group) is 2. The maximum Gasteiger partial charge on any atom is 0.0615 e. The predicted molar refractivity (Wildman–Crippen MR) is 72.2 cm³/mol. The van der Waals surface area contributed by atoms with Gasteiger partial charge in [-0.05, 0) is 26.6 Å². The molecule has 0 amide bonds. The summed E-state index contributed by atoms with van der Waals surface area (Å²) in [6.45, 7) is 3.88. The SMILES string of the molecule is CNCC(c1ccccc1)N(C)C(C)COC. The average molecular weight is 236 g/mol. The largest absolute Gasteiger partial charge is 0.383 e. The number of benzene rings is 1. The fourth-order valence-corrected chi connectivity index (χ4v) is 2.03. The monoisotopic (exact) mass is 236 g/mol. The van der Waals surface area contributed by atoms with Crippen LogP contribution < -0.4 is 5.32 Å². The Morgan fingerprint density at radius 3 is 2.47 bits per heavy atom. The first kappa shape index (κ1) is 14.2. The van der Waals surface area contributed by atoms with Crippen LogP contribution in [0.4, 0.5) is 0 Å². The molecule has 0 heterocycles. The summed E-state index contributed by atoms with van der Waals surface area (Å²) in [6.07, 6.45) is 0. The highest BCUT2D eigenvalue weighted by molar-refractivity contribution is 5.19. The number of methoxy groups -OCH3 is 1. The van der Waals surface area contributed by atoms with E-state index in [0.29, 0.717) is 12.1 Å². The number of hydrogen-bond acceptors (Lipinski definition) is 3. The molecule has 0 aromatic heterocycles. The van der Waals surface area contributed by atoms with Crippen LogP contribution in [-0.4, -0.2) is 45.3 Å². The number of hydrogen-bond donors (Lipinski definition) is 1. The van der Waals surface area contributed by atoms with Crippen molar-refractivity contribution in [3.63, 3.8) is 0 Å². The molecule has 96 valence electrons. The quantitative estimate of drug-likeness (QED) is 0.782. The second-order valence-electron chi connectivity index (χ2n) is 4.45. The zero-order valence-electron chi connectivity index (χ0n) is 11.3. The van der Waals surface area contributed by atoms with E-state index in [2.05, 4.69) is 54.5 Å². The smallest absolute Gasteiger partial charge is 0.0615 e. The summed E-state index contributed by atoms with van der Waals surface area (Å²) in [4.78, 5) is 2.36. The van der Waals surface area contributed by atoms with Crippen LogP contribution in [0.3, 0.4) is 0 Å². The van der Waals surface area contributed by atoms with Gasteiger partial charge >= 0.3 is 0 Å². The molecule has 0 spiro atoms. The molecule has 0 aliphatic rings. The summed E-state index contributed by atoms with van der Waals surface area (Å²) in [5.74, 6) is 0. The van der Waals surface area contributed by atoms with Crippen LogP contribution in [-0.2, 0) is 4.74 Å². The van der Waals surface area contributed by atoms with Gasteiger partial charge in [0.25, 0.3) is 0 Å². The van der Waals surface area contributed by atoms with Crippen LogP contribution in [0, 0.1) is 0 Å². The first-order valence-corrected chi connectivity index (χ1v) is 6.11. The first-order chi connectivity index (χ1) is 8.20. The molecular weight excluding hydrogens is 212 g/mol. The summed E-state index contributed by atoms with van der Waals surface area (Å²) in [5.41, 5.74) is 1.34. The van der Waals surface area contributed by atoms with Crippen molar-refractivity contribution >= 4 is 0 Å². The van der Waals surface area contributed by atoms with E-state index in [4.69, 9.17) is 4.74 Å². The molecule has 1 aromatic rings. The Morgan fingerprint density at radius 1 is 1.29 bits per heavy atom. The minimum atomic E-state index is 0.381. The first-order valence-electron chi connectivity index (χ1n) is 6.11. The third-order valence-electron chi connectivity index (χ3n) is 3.18. The van der Waals surface area contributed by atoms with E-state index < -0.39 is 0 Å². The van der Waals surface area contributed by atoms with Crippen LogP contribution >= 0.6 is 0 Å². The normalized spacial score (nSPS) is 14.9. The van der Waals surface area contributed by atoms with Crippen molar-refractivity contribution in [3.05, 3.63) is 35.9 Å². The van der Waals surface area contributed by atoms with Crippen molar-refractivity contribution in [3.8, 4) is 0 Å². The lowest BCUT2D eigenvalue weighted by Crippen LogP contribution is -2.40. The average Bonchev–Trinajstić information content (AvgIpc) is 2.36. The van der Waals surface area contributed by atoms with Crippen LogP contribution in [0.25, 0.3) is 0 Å². The van der Waals surface area contributed by atoms with Gasteiger partial charge in [-0.3, -0.25) is 4.90 Å². The minimum absolute atomic E-state index is 0.381. The molecule has 0 aliphatic carbocycles. The van der Waals surface area contributed by atoms with E-state index in [0.717, 1.165) is 13.2 Å².